The zero-order chi connectivity index (χ0) is 7.40. The molecule has 0 radical (unpaired) electrons. The van der Waals surface area contributed by atoms with Gasteiger partial charge in [-0.3, -0.25) is 0 Å². The Labute approximate surface area is 58.8 Å². The monoisotopic (exact) mass is 142 g/mol. The summed E-state index contributed by atoms with van der Waals surface area (Å²) in [7, 11) is 0. The van der Waals surface area contributed by atoms with E-state index in [4.69, 9.17) is 10.5 Å². The Kier molecular flexibility index (Phi) is 2.22. The highest BCUT2D eigenvalue weighted by molar-refractivity contribution is 5.08. The third-order valence-electron chi connectivity index (χ3n) is 0.982. The molecule has 5 heteroatoms. The molecule has 56 valence electrons. The van der Waals surface area contributed by atoms with Crippen LogP contribution in [-0.4, -0.2) is 21.4 Å². The standard InChI is InChI=1S/C5H10N4O/c1-2-10-4-9-3-7-5(6)8-9/h3H,2,4H2,1H3,(H2,6,8). The van der Waals surface area contributed by atoms with Gasteiger partial charge >= 0.3 is 0 Å². The Morgan fingerprint density at radius 1 is 1.80 bits per heavy atom. The van der Waals surface area contributed by atoms with E-state index in [1.54, 1.807) is 4.68 Å². The van der Waals surface area contributed by atoms with Crippen LogP contribution in [0.15, 0.2) is 6.33 Å². The van der Waals surface area contributed by atoms with Crippen molar-refractivity contribution < 1.29 is 4.74 Å². The van der Waals surface area contributed by atoms with Crippen LogP contribution in [0, 0.1) is 0 Å². The largest absolute Gasteiger partial charge is 0.367 e. The van der Waals surface area contributed by atoms with Crippen LogP contribution in [0.25, 0.3) is 0 Å². The molecule has 0 bridgehead atoms. The lowest BCUT2D eigenvalue weighted by molar-refractivity contribution is 0.0791. The Balaban J connectivity index is 2.42. The average molecular weight is 142 g/mol. The second-order valence-corrected chi connectivity index (χ2v) is 1.76. The highest BCUT2D eigenvalue weighted by Gasteiger charge is 1.92. The van der Waals surface area contributed by atoms with Gasteiger partial charge in [0.25, 0.3) is 0 Å². The third-order valence-corrected chi connectivity index (χ3v) is 0.982. The van der Waals surface area contributed by atoms with Gasteiger partial charge in [-0.05, 0) is 6.92 Å². The lowest BCUT2D eigenvalue weighted by atomic mass is 10.9. The normalized spacial score (nSPS) is 10.1. The molecule has 1 aromatic heterocycles. The molecule has 0 unspecified atom stereocenters. The molecule has 0 aromatic carbocycles. The predicted molar refractivity (Wildman–Crippen MR) is 36.1 cm³/mol. The second kappa shape index (κ2) is 3.17. The average Bonchev–Trinajstić information content (AvgIpc) is 2.31. The number of nitrogens with zero attached hydrogens (tertiary/aromatic N) is 3. The van der Waals surface area contributed by atoms with E-state index in [1.807, 2.05) is 6.92 Å². The molecule has 0 fully saturated rings. The van der Waals surface area contributed by atoms with Crippen LogP contribution in [0.2, 0.25) is 0 Å². The Morgan fingerprint density at radius 3 is 3.10 bits per heavy atom. The number of aromatic nitrogens is 3. The number of hydrogen-bond acceptors (Lipinski definition) is 4. The van der Waals surface area contributed by atoms with Gasteiger partial charge in [0, 0.05) is 6.61 Å². The number of nitrogens with two attached hydrogens (primary N) is 1. The van der Waals surface area contributed by atoms with E-state index in [9.17, 15) is 0 Å². The summed E-state index contributed by atoms with van der Waals surface area (Å²) in [5, 5.41) is 3.81. The van der Waals surface area contributed by atoms with Crippen molar-refractivity contribution in [1.82, 2.24) is 14.8 Å². The van der Waals surface area contributed by atoms with E-state index in [1.165, 1.54) is 6.33 Å². The molecule has 1 rings (SSSR count). The van der Waals surface area contributed by atoms with E-state index in [0.29, 0.717) is 13.3 Å². The summed E-state index contributed by atoms with van der Waals surface area (Å²) in [5.74, 6) is 0.278. The molecule has 0 aliphatic rings. The lowest BCUT2D eigenvalue weighted by Crippen LogP contribution is -2.02. The lowest BCUT2D eigenvalue weighted by Gasteiger charge is -1.97. The van der Waals surface area contributed by atoms with Crippen molar-refractivity contribution in [2.24, 2.45) is 0 Å². The van der Waals surface area contributed by atoms with Crippen molar-refractivity contribution in [3.63, 3.8) is 0 Å². The van der Waals surface area contributed by atoms with Crippen LogP contribution in [0.1, 0.15) is 6.92 Å². The molecule has 0 saturated carbocycles. The van der Waals surface area contributed by atoms with Crippen molar-refractivity contribution in [3.8, 4) is 0 Å². The first kappa shape index (κ1) is 7.01. The molecule has 2 N–H and O–H groups in total. The maximum atomic E-state index is 5.25. The zero-order valence-electron chi connectivity index (χ0n) is 5.82. The topological polar surface area (TPSA) is 66.0 Å². The highest BCUT2D eigenvalue weighted by atomic mass is 16.5. The summed E-state index contributed by atoms with van der Waals surface area (Å²) >= 11 is 0. The molecule has 1 aromatic rings. The van der Waals surface area contributed by atoms with E-state index in [-0.39, 0.29) is 5.95 Å². The fourth-order valence-corrected chi connectivity index (χ4v) is 0.556. The van der Waals surface area contributed by atoms with Gasteiger partial charge in [0.05, 0.1) is 0 Å². The fourth-order valence-electron chi connectivity index (χ4n) is 0.556. The Bertz CT molecular complexity index is 197. The van der Waals surface area contributed by atoms with Gasteiger partial charge in [-0.15, -0.1) is 5.10 Å². The van der Waals surface area contributed by atoms with Gasteiger partial charge in [-0.2, -0.15) is 0 Å². The first-order valence-electron chi connectivity index (χ1n) is 3.05. The molecule has 0 amide bonds. The van der Waals surface area contributed by atoms with Gasteiger partial charge in [-0.25, -0.2) is 9.67 Å². The number of rotatable bonds is 3. The minimum atomic E-state index is 0.278. The summed E-state index contributed by atoms with van der Waals surface area (Å²) in [6, 6.07) is 0. The number of ether oxygens (including phenoxy) is 1. The molecular formula is C5H10N4O. The van der Waals surface area contributed by atoms with E-state index >= 15 is 0 Å². The molecule has 1 heterocycles. The van der Waals surface area contributed by atoms with Gasteiger partial charge in [-0.1, -0.05) is 0 Å². The molecule has 0 spiro atoms. The van der Waals surface area contributed by atoms with Gasteiger partial charge in [0.1, 0.15) is 13.1 Å². The van der Waals surface area contributed by atoms with Crippen LogP contribution in [0.5, 0.6) is 0 Å². The second-order valence-electron chi connectivity index (χ2n) is 1.76. The van der Waals surface area contributed by atoms with E-state index < -0.39 is 0 Å². The van der Waals surface area contributed by atoms with Gasteiger partial charge in [0.15, 0.2) is 0 Å². The predicted octanol–water partition coefficient (Wildman–Crippen LogP) is -0.146. The molecule has 0 aliphatic carbocycles. The van der Waals surface area contributed by atoms with Crippen molar-refractivity contribution in [2.75, 3.05) is 12.3 Å². The molecule has 0 atom stereocenters. The number of hydrogen-bond donors (Lipinski definition) is 1. The summed E-state index contributed by atoms with van der Waals surface area (Å²) in [5.41, 5.74) is 5.25. The van der Waals surface area contributed by atoms with Crippen LogP contribution in [-0.2, 0) is 11.5 Å². The molecule has 0 saturated heterocycles. The van der Waals surface area contributed by atoms with Crippen LogP contribution < -0.4 is 5.73 Å². The SMILES string of the molecule is CCOCn1cnc(N)n1. The number of nitrogen functional groups attached to an aromatic ring is 1. The van der Waals surface area contributed by atoms with Crippen molar-refractivity contribution in [1.29, 1.82) is 0 Å². The Hall–Kier alpha value is -1.10. The molecule has 5 nitrogen and oxygen atoms in total. The smallest absolute Gasteiger partial charge is 0.239 e. The summed E-state index contributed by atoms with van der Waals surface area (Å²) in [4.78, 5) is 3.72. The van der Waals surface area contributed by atoms with Crippen LogP contribution in [0.4, 0.5) is 5.95 Å². The molecular weight excluding hydrogens is 132 g/mol. The minimum Gasteiger partial charge on any atom is -0.367 e. The fraction of sp³-hybridized carbons (Fsp3) is 0.600. The maximum absolute atomic E-state index is 5.25. The minimum absolute atomic E-state index is 0.278. The van der Waals surface area contributed by atoms with Crippen molar-refractivity contribution in [3.05, 3.63) is 6.33 Å². The summed E-state index contributed by atoms with van der Waals surface area (Å²) in [6.45, 7) is 3.00. The quantitative estimate of drug-likeness (QED) is 0.637. The third kappa shape index (κ3) is 1.70. The van der Waals surface area contributed by atoms with Gasteiger partial charge in [0.2, 0.25) is 5.95 Å². The van der Waals surface area contributed by atoms with E-state index in [2.05, 4.69) is 10.1 Å². The van der Waals surface area contributed by atoms with Crippen molar-refractivity contribution in [2.45, 2.75) is 13.7 Å². The first-order chi connectivity index (χ1) is 4.83. The summed E-state index contributed by atoms with van der Waals surface area (Å²) in [6.07, 6.45) is 1.53. The molecule has 0 aliphatic heterocycles. The summed E-state index contributed by atoms with van der Waals surface area (Å²) < 4.78 is 6.58. The zero-order valence-corrected chi connectivity index (χ0v) is 5.82. The van der Waals surface area contributed by atoms with Crippen LogP contribution >= 0.6 is 0 Å². The number of anilines is 1. The van der Waals surface area contributed by atoms with Gasteiger partial charge < -0.3 is 10.5 Å². The first-order valence-corrected chi connectivity index (χ1v) is 3.05. The Morgan fingerprint density at radius 2 is 2.60 bits per heavy atom. The molecule has 10 heavy (non-hydrogen) atoms. The maximum Gasteiger partial charge on any atom is 0.239 e. The van der Waals surface area contributed by atoms with E-state index in [0.717, 1.165) is 0 Å². The van der Waals surface area contributed by atoms with Crippen LogP contribution in [0.3, 0.4) is 0 Å². The van der Waals surface area contributed by atoms with Crippen molar-refractivity contribution >= 4 is 5.95 Å². The highest BCUT2D eigenvalue weighted by Crippen LogP contribution is 1.89.